The van der Waals surface area contributed by atoms with Gasteiger partial charge in [0.25, 0.3) is 0 Å². The van der Waals surface area contributed by atoms with Crippen molar-refractivity contribution >= 4 is 0 Å². The van der Waals surface area contributed by atoms with Crippen molar-refractivity contribution in [2.45, 2.75) is 77.0 Å². The maximum absolute atomic E-state index is 1.91. The largest absolute Gasteiger partial charge is 0.0904 e. The van der Waals surface area contributed by atoms with Gasteiger partial charge in [0.1, 0.15) is 0 Å². The van der Waals surface area contributed by atoms with Crippen molar-refractivity contribution in [3.05, 3.63) is 5.92 Å². The van der Waals surface area contributed by atoms with Crippen LogP contribution in [0, 0.1) is 11.8 Å². The number of hydrogen-bond acceptors (Lipinski definition) is 0. The van der Waals surface area contributed by atoms with E-state index in [-0.39, 0.29) is 0 Å². The van der Waals surface area contributed by atoms with Crippen LogP contribution in [-0.4, -0.2) is 0 Å². The van der Waals surface area contributed by atoms with Gasteiger partial charge >= 0.3 is 0 Å². The minimum absolute atomic E-state index is 1.09. The fourth-order valence-corrected chi connectivity index (χ4v) is 3.25. The van der Waals surface area contributed by atoms with Gasteiger partial charge in [-0.05, 0) is 44.4 Å². The average Bonchev–Trinajstić information content (AvgIpc) is 2.22. The van der Waals surface area contributed by atoms with Crippen LogP contribution in [0.5, 0.6) is 0 Å². The molecule has 80 valence electrons. The summed E-state index contributed by atoms with van der Waals surface area (Å²) in [5.74, 6) is 3.00. The Kier molecular flexibility index (Phi) is 4.21. The molecule has 14 heavy (non-hydrogen) atoms. The van der Waals surface area contributed by atoms with E-state index in [0.717, 1.165) is 5.92 Å². The quantitative estimate of drug-likeness (QED) is 0.481. The van der Waals surface area contributed by atoms with E-state index in [1.807, 2.05) is 5.92 Å². The fourth-order valence-electron chi connectivity index (χ4n) is 3.25. The number of hydrogen-bond donors (Lipinski definition) is 0. The molecule has 3 aliphatic rings. The topological polar surface area (TPSA) is 0 Å². The molecule has 0 amide bonds. The molecule has 3 rings (SSSR count). The van der Waals surface area contributed by atoms with Crippen LogP contribution in [0.4, 0.5) is 0 Å². The molecule has 0 atom stereocenters. The highest BCUT2D eigenvalue weighted by atomic mass is 14.2. The predicted molar refractivity (Wildman–Crippen MR) is 62.1 cm³/mol. The van der Waals surface area contributed by atoms with Gasteiger partial charge in [-0.3, -0.25) is 0 Å². The molecular weight excluding hydrogens is 168 g/mol. The van der Waals surface area contributed by atoms with Crippen LogP contribution < -0.4 is 0 Å². The van der Waals surface area contributed by atoms with Crippen molar-refractivity contribution in [1.29, 1.82) is 0 Å². The van der Waals surface area contributed by atoms with E-state index < -0.39 is 0 Å². The predicted octanol–water partition coefficient (Wildman–Crippen LogP) is 4.89. The van der Waals surface area contributed by atoms with E-state index in [1.165, 1.54) is 77.0 Å². The van der Waals surface area contributed by atoms with Crippen molar-refractivity contribution < 1.29 is 0 Å². The lowest BCUT2D eigenvalue weighted by Crippen LogP contribution is -2.07. The Bertz CT molecular complexity index is 119. The van der Waals surface area contributed by atoms with Gasteiger partial charge in [0.2, 0.25) is 0 Å². The van der Waals surface area contributed by atoms with Crippen molar-refractivity contribution in [3.63, 3.8) is 0 Å². The Labute approximate surface area is 89.5 Å². The molecule has 3 aliphatic carbocycles. The number of fused-ring (bicyclic) bond motifs is 9. The minimum Gasteiger partial charge on any atom is -0.0531 e. The summed E-state index contributed by atoms with van der Waals surface area (Å²) in [6.07, 6.45) is 18.0. The summed E-state index contributed by atoms with van der Waals surface area (Å²) in [7, 11) is 0. The first kappa shape index (κ1) is 10.4. The summed E-state index contributed by atoms with van der Waals surface area (Å²) in [6, 6.07) is 0. The first-order valence-electron chi connectivity index (χ1n) is 6.79. The van der Waals surface area contributed by atoms with E-state index in [2.05, 4.69) is 0 Å². The van der Waals surface area contributed by atoms with Crippen LogP contribution in [0.2, 0.25) is 0 Å². The molecule has 0 aromatic heterocycles. The van der Waals surface area contributed by atoms with E-state index in [0.29, 0.717) is 0 Å². The van der Waals surface area contributed by atoms with Crippen molar-refractivity contribution in [2.24, 2.45) is 5.92 Å². The second kappa shape index (κ2) is 5.68. The molecule has 3 fully saturated rings. The van der Waals surface area contributed by atoms with Gasteiger partial charge in [0.15, 0.2) is 0 Å². The second-order valence-corrected chi connectivity index (χ2v) is 5.35. The van der Waals surface area contributed by atoms with Crippen LogP contribution in [0.1, 0.15) is 77.0 Å². The van der Waals surface area contributed by atoms with Crippen molar-refractivity contribution in [1.82, 2.24) is 0 Å². The first-order chi connectivity index (χ1) is 6.95. The van der Waals surface area contributed by atoms with Crippen LogP contribution >= 0.6 is 0 Å². The third-order valence-corrected chi connectivity index (χ3v) is 4.18. The van der Waals surface area contributed by atoms with E-state index >= 15 is 0 Å². The molecule has 0 saturated heterocycles. The monoisotopic (exact) mass is 193 g/mol. The van der Waals surface area contributed by atoms with Gasteiger partial charge in [-0.15, -0.1) is 0 Å². The number of rotatable bonds is 0. The maximum Gasteiger partial charge on any atom is 0.0904 e. The smallest absolute Gasteiger partial charge is 0.0531 e. The van der Waals surface area contributed by atoms with Gasteiger partial charge in [0, 0.05) is 0 Å². The molecule has 2 bridgehead atoms. The highest BCUT2D eigenvalue weighted by molar-refractivity contribution is 4.91. The van der Waals surface area contributed by atoms with E-state index in [4.69, 9.17) is 0 Å². The Morgan fingerprint density at radius 2 is 1.14 bits per heavy atom. The highest BCUT2D eigenvalue weighted by Gasteiger charge is 2.24. The average molecular weight is 193 g/mol. The Morgan fingerprint density at radius 1 is 0.571 bits per heavy atom. The third kappa shape index (κ3) is 3.22. The molecule has 0 N–H and O–H groups in total. The van der Waals surface area contributed by atoms with Crippen LogP contribution in [0.25, 0.3) is 0 Å². The van der Waals surface area contributed by atoms with Crippen molar-refractivity contribution in [3.8, 4) is 0 Å². The summed E-state index contributed by atoms with van der Waals surface area (Å²) in [6.45, 7) is 0. The molecule has 3 saturated carbocycles. The summed E-state index contributed by atoms with van der Waals surface area (Å²) >= 11 is 0. The molecule has 0 aliphatic heterocycles. The molecule has 0 unspecified atom stereocenters. The molecule has 0 nitrogen and oxygen atoms in total. The second-order valence-electron chi connectivity index (χ2n) is 5.35. The lowest BCUT2D eigenvalue weighted by Gasteiger charge is -2.18. The molecule has 0 aromatic carbocycles. The van der Waals surface area contributed by atoms with Crippen LogP contribution in [0.15, 0.2) is 0 Å². The van der Waals surface area contributed by atoms with Gasteiger partial charge in [-0.1, -0.05) is 19.3 Å². The van der Waals surface area contributed by atoms with Gasteiger partial charge < -0.3 is 0 Å². The van der Waals surface area contributed by atoms with Gasteiger partial charge in [0.05, 0.1) is 25.2 Å². The summed E-state index contributed by atoms with van der Waals surface area (Å²) in [5, 5.41) is 0. The Morgan fingerprint density at radius 3 is 1.93 bits per heavy atom. The zero-order valence-corrected chi connectivity index (χ0v) is 9.56. The summed E-state index contributed by atoms with van der Waals surface area (Å²) < 4.78 is 0. The van der Waals surface area contributed by atoms with E-state index in [1.54, 1.807) is 0 Å². The molecule has 0 radical (unpaired) electrons. The molecule has 0 heteroatoms. The molecule has 0 aromatic rings. The van der Waals surface area contributed by atoms with E-state index in [9.17, 15) is 0 Å². The zero-order chi connectivity index (χ0) is 9.64. The normalized spacial score (nSPS) is 27.0. The SMILES string of the molecule is C1CCCC2CCC[C+](CC1)CCC2. The fraction of sp³-hybridized carbons (Fsp3) is 0.929. The molecule has 0 heterocycles. The third-order valence-electron chi connectivity index (χ3n) is 4.18. The van der Waals surface area contributed by atoms with Crippen LogP contribution in [-0.2, 0) is 0 Å². The first-order valence-corrected chi connectivity index (χ1v) is 6.79. The summed E-state index contributed by atoms with van der Waals surface area (Å²) in [5.41, 5.74) is 0. The Balaban J connectivity index is 1.90. The summed E-state index contributed by atoms with van der Waals surface area (Å²) in [4.78, 5) is 0. The lowest BCUT2D eigenvalue weighted by molar-refractivity contribution is 0.360. The highest BCUT2D eigenvalue weighted by Crippen LogP contribution is 2.33. The van der Waals surface area contributed by atoms with Gasteiger partial charge in [-0.25, -0.2) is 0 Å². The Hall–Kier alpha value is -0.130. The molecule has 0 spiro atoms. The zero-order valence-electron chi connectivity index (χ0n) is 9.56. The van der Waals surface area contributed by atoms with Gasteiger partial charge in [-0.2, -0.15) is 0 Å². The standard InChI is InChI=1S/C14H25/c1-2-4-8-14-11-5-9-13(7-3-1)10-6-12-14/h13H,1-12H2/q+1. The maximum atomic E-state index is 1.91. The minimum atomic E-state index is 1.09. The molecular formula is C14H25+. The van der Waals surface area contributed by atoms with Crippen LogP contribution in [0.3, 0.4) is 0 Å². The van der Waals surface area contributed by atoms with Crippen molar-refractivity contribution in [2.75, 3.05) is 0 Å². The lowest BCUT2D eigenvalue weighted by atomic mass is 9.83.